The Bertz CT molecular complexity index is 2440. The molecule has 15 nitrogen and oxygen atoms in total. The number of rotatable bonds is 6. The summed E-state index contributed by atoms with van der Waals surface area (Å²) >= 11 is 0. The number of piperidine rings is 2. The van der Waals surface area contributed by atoms with Crippen molar-refractivity contribution < 1.29 is 41.9 Å². The molecule has 3 fully saturated rings. The minimum absolute atomic E-state index is 0.0342. The molecule has 6 aliphatic heterocycles. The molecular weight excluding hydrogens is 796 g/mol. The molecule has 3 saturated heterocycles. The third-order valence-electron chi connectivity index (χ3n) is 13.4. The molecule has 0 bridgehead atoms. The fraction of sp³-hybridized carbons (Fsp3) is 0.465. The lowest BCUT2D eigenvalue weighted by Crippen LogP contribution is -2.59. The number of pyridine rings is 1. The van der Waals surface area contributed by atoms with Gasteiger partial charge in [0.2, 0.25) is 17.7 Å². The van der Waals surface area contributed by atoms with Crippen molar-refractivity contribution >= 4 is 46.1 Å². The number of ether oxygens (including phenoxy) is 1. The van der Waals surface area contributed by atoms with Crippen molar-refractivity contribution in [2.45, 2.75) is 82.0 Å². The van der Waals surface area contributed by atoms with E-state index in [2.05, 4.69) is 20.4 Å². The summed E-state index contributed by atoms with van der Waals surface area (Å²) in [7, 11) is 0. The second-order valence-corrected chi connectivity index (χ2v) is 17.2. The van der Waals surface area contributed by atoms with Crippen LogP contribution in [-0.4, -0.2) is 134 Å². The van der Waals surface area contributed by atoms with Gasteiger partial charge in [0.1, 0.15) is 6.04 Å². The Morgan fingerprint density at radius 1 is 0.967 bits per heavy atom. The van der Waals surface area contributed by atoms with Crippen LogP contribution in [0.1, 0.15) is 87.3 Å². The van der Waals surface area contributed by atoms with Crippen LogP contribution in [0.2, 0.25) is 0 Å². The summed E-state index contributed by atoms with van der Waals surface area (Å²) in [6.45, 7) is 4.39. The molecule has 6 aliphatic rings. The normalized spacial score (nSPS) is 24.4. The molecule has 61 heavy (non-hydrogen) atoms. The summed E-state index contributed by atoms with van der Waals surface area (Å²) in [6.07, 6.45) is 1.04. The molecule has 2 N–H and O–H groups in total. The number of aromatic nitrogens is 3. The number of halogens is 3. The van der Waals surface area contributed by atoms with Crippen molar-refractivity contribution in [1.29, 1.82) is 0 Å². The molecule has 2 aromatic heterocycles. The van der Waals surface area contributed by atoms with E-state index in [1.165, 1.54) is 4.90 Å². The average molecular weight is 840 g/mol. The van der Waals surface area contributed by atoms with Crippen LogP contribution in [0.4, 0.5) is 18.9 Å². The number of nitrogens with one attached hydrogen (secondary N) is 2. The van der Waals surface area contributed by atoms with Gasteiger partial charge >= 0.3 is 6.18 Å². The van der Waals surface area contributed by atoms with Crippen LogP contribution in [-0.2, 0) is 38.6 Å². The first kappa shape index (κ1) is 39.4. The van der Waals surface area contributed by atoms with Crippen LogP contribution in [0.15, 0.2) is 48.8 Å². The van der Waals surface area contributed by atoms with Crippen molar-refractivity contribution in [2.24, 2.45) is 0 Å². The minimum atomic E-state index is -4.38. The largest absolute Gasteiger partial charge is 0.401 e. The van der Waals surface area contributed by atoms with Crippen LogP contribution in [0.3, 0.4) is 0 Å². The Morgan fingerprint density at radius 2 is 1.70 bits per heavy atom. The van der Waals surface area contributed by atoms with Gasteiger partial charge in [-0.2, -0.15) is 18.3 Å². The molecule has 8 heterocycles. The third-order valence-corrected chi connectivity index (χ3v) is 13.4. The van der Waals surface area contributed by atoms with Crippen molar-refractivity contribution in [2.75, 3.05) is 50.8 Å². The highest BCUT2D eigenvalue weighted by Gasteiger charge is 2.47. The molecule has 0 radical (unpaired) electrons. The third kappa shape index (κ3) is 7.03. The molecule has 18 heteroatoms. The number of hydrogen-bond donors (Lipinski definition) is 2. The van der Waals surface area contributed by atoms with Crippen LogP contribution >= 0.6 is 0 Å². The van der Waals surface area contributed by atoms with E-state index in [1.807, 2.05) is 41.0 Å². The number of nitrogens with zero attached hydrogens (tertiary/aromatic N) is 7. The quantitative estimate of drug-likeness (QED) is 0.274. The fourth-order valence-electron chi connectivity index (χ4n) is 10.3. The van der Waals surface area contributed by atoms with Gasteiger partial charge in [0.25, 0.3) is 11.8 Å². The predicted molar refractivity (Wildman–Crippen MR) is 212 cm³/mol. The fourth-order valence-corrected chi connectivity index (χ4v) is 10.3. The lowest BCUT2D eigenvalue weighted by Gasteiger charge is -2.48. The Hall–Kier alpha value is -5.72. The van der Waals surface area contributed by atoms with Crippen molar-refractivity contribution in [3.05, 3.63) is 87.9 Å². The van der Waals surface area contributed by atoms with Gasteiger partial charge in [-0.25, -0.2) is 0 Å². The zero-order valence-corrected chi connectivity index (χ0v) is 33.5. The zero-order chi connectivity index (χ0) is 42.4. The molecule has 1 unspecified atom stereocenters. The van der Waals surface area contributed by atoms with Crippen molar-refractivity contribution in [3.8, 4) is 0 Å². The molecule has 0 aliphatic carbocycles. The second-order valence-electron chi connectivity index (χ2n) is 17.2. The van der Waals surface area contributed by atoms with Crippen molar-refractivity contribution in [3.63, 3.8) is 0 Å². The van der Waals surface area contributed by atoms with Gasteiger partial charge in [-0.15, -0.1) is 0 Å². The minimum Gasteiger partial charge on any atom is -0.371 e. The molecule has 10 rings (SSSR count). The van der Waals surface area contributed by atoms with Gasteiger partial charge in [-0.05, 0) is 85.2 Å². The van der Waals surface area contributed by atoms with Crippen LogP contribution in [0.5, 0.6) is 0 Å². The van der Waals surface area contributed by atoms with E-state index in [-0.39, 0.29) is 42.5 Å². The summed E-state index contributed by atoms with van der Waals surface area (Å²) in [5.74, 6) is -2.23. The van der Waals surface area contributed by atoms with Gasteiger partial charge in [0, 0.05) is 57.1 Å². The number of H-pyrrole nitrogens is 1. The lowest BCUT2D eigenvalue weighted by molar-refractivity contribution is -0.155. The summed E-state index contributed by atoms with van der Waals surface area (Å²) in [6, 6.07) is 8.81. The molecule has 1 spiro atoms. The highest BCUT2D eigenvalue weighted by Crippen LogP contribution is 2.42. The molecule has 3 atom stereocenters. The number of aromatic amines is 1. The Morgan fingerprint density at radius 3 is 2.38 bits per heavy atom. The number of amides is 5. The van der Waals surface area contributed by atoms with E-state index in [0.29, 0.717) is 70.8 Å². The zero-order valence-electron chi connectivity index (χ0n) is 33.5. The van der Waals surface area contributed by atoms with Gasteiger partial charge in [-0.3, -0.25) is 54.1 Å². The van der Waals surface area contributed by atoms with Gasteiger partial charge in [0.05, 0.1) is 71.8 Å². The van der Waals surface area contributed by atoms with E-state index in [4.69, 9.17) is 9.72 Å². The Kier molecular flexibility index (Phi) is 9.52. The SMILES string of the molecule is C[C@@H]1Cc2c(ccc3[nH]ncc23)[C@@H](c2ccc(N3CCC4(CC3)CN(C(=O)CN3Cc5cc6c(cc5C3)C(=O)N(C3CCC(=O)NC3=O)C6=O)CCO4)cn2)N1CC(F)(F)F. The van der Waals surface area contributed by atoms with E-state index in [1.54, 1.807) is 24.5 Å². The van der Waals surface area contributed by atoms with Gasteiger partial charge < -0.3 is 14.5 Å². The summed E-state index contributed by atoms with van der Waals surface area (Å²) in [5, 5.41) is 10.3. The van der Waals surface area contributed by atoms with E-state index < -0.39 is 54.0 Å². The molecular formula is C43H44F3N9O6. The van der Waals surface area contributed by atoms with E-state index in [0.717, 1.165) is 43.7 Å². The first-order valence-corrected chi connectivity index (χ1v) is 20.7. The standard InChI is InChI=1S/C43H44F3N9O6/c1-24-14-29-28(3-5-33-32(29)18-48-50-33)38(54(24)23-43(44,45)46)34-4-2-27(17-47-34)52-10-8-42(9-11-52)22-53(12-13-61-42)37(57)21-51-19-25-15-30-31(16-26(25)20-51)41(60)55(40(30)59)35-6-7-36(56)49-39(35)58/h2-5,15-18,24,35,38H,6-14,19-23H2,1H3,(H,48,50)(H,49,56,58)/t24-,35?,38+/m1/s1. The van der Waals surface area contributed by atoms with E-state index in [9.17, 15) is 37.1 Å². The summed E-state index contributed by atoms with van der Waals surface area (Å²) in [5.41, 5.74) is 5.68. The maximum Gasteiger partial charge on any atom is 0.401 e. The smallest absolute Gasteiger partial charge is 0.371 e. The van der Waals surface area contributed by atoms with Crippen LogP contribution in [0.25, 0.3) is 10.9 Å². The Balaban J connectivity index is 0.770. The first-order valence-electron chi connectivity index (χ1n) is 20.7. The number of imide groups is 2. The van der Waals surface area contributed by atoms with Crippen LogP contribution < -0.4 is 10.2 Å². The van der Waals surface area contributed by atoms with Gasteiger partial charge in [0.15, 0.2) is 0 Å². The van der Waals surface area contributed by atoms with Gasteiger partial charge in [-0.1, -0.05) is 6.07 Å². The highest BCUT2D eigenvalue weighted by atomic mass is 19.4. The number of hydrogen-bond acceptors (Lipinski definition) is 11. The molecule has 5 amide bonds. The number of carbonyl (C=O) groups excluding carboxylic acids is 5. The van der Waals surface area contributed by atoms with E-state index >= 15 is 0 Å². The number of morpholine rings is 1. The highest BCUT2D eigenvalue weighted by molar-refractivity contribution is 6.23. The van der Waals surface area contributed by atoms with Crippen LogP contribution in [0, 0.1) is 0 Å². The average Bonchev–Trinajstić information content (AvgIpc) is 3.93. The number of anilines is 1. The number of benzene rings is 2. The summed E-state index contributed by atoms with van der Waals surface area (Å²) < 4.78 is 48.2. The maximum atomic E-state index is 13.9. The predicted octanol–water partition coefficient (Wildman–Crippen LogP) is 3.47. The number of fused-ring (bicyclic) bond motifs is 5. The molecule has 2 aromatic carbocycles. The topological polar surface area (TPSA) is 164 Å². The first-order chi connectivity index (χ1) is 29.2. The monoisotopic (exact) mass is 839 g/mol. The number of alkyl halides is 3. The maximum absolute atomic E-state index is 13.9. The molecule has 318 valence electrons. The molecule has 4 aromatic rings. The second kappa shape index (κ2) is 14.7. The number of carbonyl (C=O) groups is 5. The van der Waals surface area contributed by atoms with Crippen molar-refractivity contribution in [1.82, 2.24) is 40.1 Å². The summed E-state index contributed by atoms with van der Waals surface area (Å²) in [4.78, 5) is 77.9. The molecule has 0 saturated carbocycles. The Labute approximate surface area is 348 Å². The lowest BCUT2D eigenvalue weighted by atomic mass is 9.85.